The topological polar surface area (TPSA) is 172 Å². The maximum atomic E-state index is 11.7. The third kappa shape index (κ3) is 7.38. The van der Waals surface area contributed by atoms with Crippen molar-refractivity contribution >= 4 is 29.8 Å². The van der Waals surface area contributed by atoms with Crippen LogP contribution >= 0.6 is 0 Å². The van der Waals surface area contributed by atoms with Crippen molar-refractivity contribution in [2.45, 2.75) is 58.5 Å². The van der Waals surface area contributed by atoms with E-state index < -0.39 is 60.3 Å². The van der Waals surface area contributed by atoms with Crippen LogP contribution in [-0.4, -0.2) is 65.4 Å². The average Bonchev–Trinajstić information content (AvgIpc) is 2.50. The van der Waals surface area contributed by atoms with Crippen LogP contribution in [0.4, 0.5) is 0 Å². The Bertz CT molecular complexity index is 617. The summed E-state index contributed by atoms with van der Waals surface area (Å²) in [5.41, 5.74) is -2.54. The number of carbonyl (C=O) groups excluding carboxylic acids is 4. The molecule has 0 heterocycles. The molecular formula is C15H21NO11. The van der Waals surface area contributed by atoms with Gasteiger partial charge in [-0.1, -0.05) is 5.18 Å². The highest BCUT2D eigenvalue weighted by atomic mass is 16.6. The minimum absolute atomic E-state index is 0.704. The van der Waals surface area contributed by atoms with E-state index in [0.29, 0.717) is 0 Å². The Balaban J connectivity index is 6.25. The molecule has 27 heavy (non-hydrogen) atoms. The van der Waals surface area contributed by atoms with Gasteiger partial charge >= 0.3 is 29.8 Å². The van der Waals surface area contributed by atoms with Crippen LogP contribution in [0, 0.1) is 4.91 Å². The molecule has 1 unspecified atom stereocenters. The molecule has 0 aromatic rings. The van der Waals surface area contributed by atoms with Crippen molar-refractivity contribution < 1.29 is 48.0 Å². The van der Waals surface area contributed by atoms with Crippen molar-refractivity contribution in [1.29, 1.82) is 0 Å². The van der Waals surface area contributed by atoms with Crippen LogP contribution in [0.5, 0.6) is 0 Å². The van der Waals surface area contributed by atoms with E-state index in [1.807, 2.05) is 0 Å². The molecule has 12 nitrogen and oxygen atoms in total. The lowest BCUT2D eigenvalue weighted by molar-refractivity contribution is -0.212. The molecule has 0 saturated heterocycles. The van der Waals surface area contributed by atoms with Crippen LogP contribution in [0.2, 0.25) is 0 Å². The fourth-order valence-corrected chi connectivity index (χ4v) is 2.12. The van der Waals surface area contributed by atoms with Crippen LogP contribution < -0.4 is 0 Å². The zero-order valence-corrected chi connectivity index (χ0v) is 15.4. The number of esters is 4. The van der Waals surface area contributed by atoms with E-state index in [9.17, 15) is 34.0 Å². The second kappa shape index (κ2) is 10.2. The van der Waals surface area contributed by atoms with Crippen molar-refractivity contribution in [2.24, 2.45) is 5.18 Å². The molecule has 0 aliphatic carbocycles. The third-order valence-electron chi connectivity index (χ3n) is 3.19. The first-order valence-corrected chi connectivity index (χ1v) is 7.58. The van der Waals surface area contributed by atoms with Gasteiger partial charge in [0.2, 0.25) is 5.60 Å². The molecule has 0 aliphatic heterocycles. The highest BCUT2D eigenvalue weighted by molar-refractivity contribution is 5.82. The fourth-order valence-electron chi connectivity index (χ4n) is 2.12. The van der Waals surface area contributed by atoms with E-state index in [1.54, 1.807) is 0 Å². The Hall–Kier alpha value is -3.05. The van der Waals surface area contributed by atoms with Gasteiger partial charge in [-0.25, -0.2) is 4.79 Å². The molecule has 0 saturated carbocycles. The molecule has 0 aromatic carbocycles. The van der Waals surface area contributed by atoms with Crippen molar-refractivity contribution in [3.8, 4) is 0 Å². The SMILES string of the molecule is CC(=O)OCC(N=O)[C@H](OC(C)=O)[C@H](OC(C)=O)[C@@](C)(OC(C)=O)C(=O)O. The smallest absolute Gasteiger partial charge is 0.352 e. The van der Waals surface area contributed by atoms with Gasteiger partial charge in [0, 0.05) is 27.7 Å². The van der Waals surface area contributed by atoms with E-state index in [0.717, 1.165) is 34.6 Å². The van der Waals surface area contributed by atoms with E-state index in [1.165, 1.54) is 0 Å². The summed E-state index contributed by atoms with van der Waals surface area (Å²) in [5.74, 6) is -5.60. The summed E-state index contributed by atoms with van der Waals surface area (Å²) < 4.78 is 19.3. The van der Waals surface area contributed by atoms with Crippen molar-refractivity contribution in [2.75, 3.05) is 6.61 Å². The highest BCUT2D eigenvalue weighted by Gasteiger charge is 2.55. The predicted octanol–water partition coefficient (Wildman–Crippen LogP) is -0.0457. The van der Waals surface area contributed by atoms with Crippen LogP contribution in [-0.2, 0) is 42.9 Å². The minimum atomic E-state index is -2.54. The predicted molar refractivity (Wildman–Crippen MR) is 85.1 cm³/mol. The third-order valence-corrected chi connectivity index (χ3v) is 3.19. The number of hydrogen-bond donors (Lipinski definition) is 1. The number of nitroso groups, excluding NO2 is 1. The summed E-state index contributed by atoms with van der Waals surface area (Å²) in [7, 11) is 0. The lowest BCUT2D eigenvalue weighted by atomic mass is 9.90. The molecule has 4 atom stereocenters. The normalized spacial score (nSPS) is 15.9. The maximum absolute atomic E-state index is 11.7. The van der Waals surface area contributed by atoms with Gasteiger partial charge in [-0.05, 0) is 6.92 Å². The molecule has 152 valence electrons. The van der Waals surface area contributed by atoms with Gasteiger partial charge in [0.1, 0.15) is 6.61 Å². The maximum Gasteiger partial charge on any atom is 0.352 e. The quantitative estimate of drug-likeness (QED) is 0.300. The van der Waals surface area contributed by atoms with E-state index in [4.69, 9.17) is 14.2 Å². The largest absolute Gasteiger partial charge is 0.478 e. The Kier molecular flexibility index (Phi) is 9.03. The van der Waals surface area contributed by atoms with Crippen LogP contribution in [0.1, 0.15) is 34.6 Å². The zero-order valence-electron chi connectivity index (χ0n) is 15.4. The molecule has 0 amide bonds. The molecular weight excluding hydrogens is 370 g/mol. The lowest BCUT2D eigenvalue weighted by Gasteiger charge is -2.37. The van der Waals surface area contributed by atoms with Crippen molar-refractivity contribution in [1.82, 2.24) is 0 Å². The van der Waals surface area contributed by atoms with E-state index in [-0.39, 0.29) is 0 Å². The standard InChI is InChI=1S/C15H21NO11/c1-7(17)24-6-11(16-23)12(25-8(2)18)13(26-9(3)19)15(5,14(21)22)27-10(4)20/h11-13H,6H2,1-5H3,(H,21,22)/t11?,12-,13-,15+/m0/s1. The summed E-state index contributed by atoms with van der Waals surface area (Å²) in [4.78, 5) is 68.3. The second-order valence-electron chi connectivity index (χ2n) is 5.59. The number of ether oxygens (including phenoxy) is 4. The summed E-state index contributed by atoms with van der Waals surface area (Å²) in [6.45, 7) is 3.98. The Morgan fingerprint density at radius 1 is 0.926 bits per heavy atom. The molecule has 0 aromatic heterocycles. The van der Waals surface area contributed by atoms with Gasteiger partial charge in [-0.2, -0.15) is 4.91 Å². The van der Waals surface area contributed by atoms with E-state index >= 15 is 0 Å². The number of rotatable bonds is 10. The monoisotopic (exact) mass is 391 g/mol. The second-order valence-corrected chi connectivity index (χ2v) is 5.59. The molecule has 0 spiro atoms. The molecule has 0 bridgehead atoms. The summed E-state index contributed by atoms with van der Waals surface area (Å²) in [6.07, 6.45) is -3.80. The Morgan fingerprint density at radius 3 is 1.78 bits per heavy atom. The number of aliphatic carboxylic acids is 1. The first kappa shape index (κ1) is 23.9. The number of hydrogen-bond acceptors (Lipinski definition) is 11. The Morgan fingerprint density at radius 2 is 1.44 bits per heavy atom. The first-order valence-electron chi connectivity index (χ1n) is 7.58. The number of carboxylic acid groups (broad SMARTS) is 1. The van der Waals surface area contributed by atoms with Crippen molar-refractivity contribution in [3.05, 3.63) is 4.91 Å². The molecule has 0 fully saturated rings. The summed E-state index contributed by atoms with van der Waals surface area (Å²) in [5, 5.41) is 12.2. The summed E-state index contributed by atoms with van der Waals surface area (Å²) in [6, 6.07) is -1.66. The summed E-state index contributed by atoms with van der Waals surface area (Å²) >= 11 is 0. The Labute approximate surface area is 154 Å². The van der Waals surface area contributed by atoms with Crippen LogP contribution in [0.15, 0.2) is 5.18 Å². The molecule has 12 heteroatoms. The molecule has 0 radical (unpaired) electrons. The van der Waals surface area contributed by atoms with E-state index in [2.05, 4.69) is 9.91 Å². The van der Waals surface area contributed by atoms with Gasteiger partial charge < -0.3 is 24.1 Å². The zero-order chi connectivity index (χ0) is 21.4. The molecule has 1 N–H and O–H groups in total. The number of carbonyl (C=O) groups is 5. The molecule has 0 rings (SSSR count). The van der Waals surface area contributed by atoms with Gasteiger partial charge in [0.25, 0.3) is 0 Å². The number of nitrogens with zero attached hydrogens (tertiary/aromatic N) is 1. The minimum Gasteiger partial charge on any atom is -0.478 e. The lowest BCUT2D eigenvalue weighted by Crippen LogP contribution is -2.60. The average molecular weight is 391 g/mol. The highest BCUT2D eigenvalue weighted by Crippen LogP contribution is 2.28. The van der Waals surface area contributed by atoms with Gasteiger partial charge in [0.05, 0.1) is 0 Å². The van der Waals surface area contributed by atoms with Gasteiger partial charge in [-0.3, -0.25) is 19.2 Å². The first-order chi connectivity index (χ1) is 12.3. The van der Waals surface area contributed by atoms with Crippen molar-refractivity contribution in [3.63, 3.8) is 0 Å². The van der Waals surface area contributed by atoms with Crippen LogP contribution in [0.3, 0.4) is 0 Å². The molecule has 0 aliphatic rings. The van der Waals surface area contributed by atoms with Gasteiger partial charge in [0.15, 0.2) is 18.2 Å². The van der Waals surface area contributed by atoms with Gasteiger partial charge in [-0.15, -0.1) is 0 Å². The number of carboxylic acids is 1. The van der Waals surface area contributed by atoms with Crippen LogP contribution in [0.25, 0.3) is 0 Å². The fraction of sp³-hybridized carbons (Fsp3) is 0.667.